The highest BCUT2D eigenvalue weighted by atomic mass is 32.2. The molecule has 232 valence electrons. The molecule has 0 saturated carbocycles. The largest absolute Gasteiger partial charge is 0.494 e. The first-order chi connectivity index (χ1) is 20.6. The van der Waals surface area contributed by atoms with Crippen LogP contribution in [0, 0.1) is 20.2 Å². The van der Waals surface area contributed by atoms with Crippen molar-refractivity contribution in [3.05, 3.63) is 74.8 Å². The van der Waals surface area contributed by atoms with E-state index in [4.69, 9.17) is 9.47 Å². The van der Waals surface area contributed by atoms with E-state index in [1.807, 2.05) is 0 Å². The van der Waals surface area contributed by atoms with E-state index in [2.05, 4.69) is 26.1 Å². The summed E-state index contributed by atoms with van der Waals surface area (Å²) in [7, 11) is -8.17. The van der Waals surface area contributed by atoms with Crippen LogP contribution in [0.5, 0.6) is 11.5 Å². The smallest absolute Gasteiger partial charge is 0.301 e. The molecule has 1 amide bonds. The second-order valence-electron chi connectivity index (χ2n) is 8.04. The fourth-order valence-electron chi connectivity index (χ4n) is 3.33. The fourth-order valence-corrected chi connectivity index (χ4v) is 4.65. The number of para-hydroxylation sites is 1. The molecule has 0 aliphatic rings. The van der Waals surface area contributed by atoms with Crippen LogP contribution >= 0.6 is 0 Å². The molecule has 3 rings (SSSR count). The number of nitrogens with zero attached hydrogens (tertiary/aromatic N) is 5. The zero-order valence-electron chi connectivity index (χ0n) is 22.1. The Morgan fingerprint density at radius 3 is 1.86 bits per heavy atom. The quantitative estimate of drug-likeness (QED) is 0.0610. The number of amides is 1. The Morgan fingerprint density at radius 1 is 0.841 bits per heavy atom. The molecular weight excluding hydrogens is 634 g/mol. The first-order valence-corrected chi connectivity index (χ1v) is 14.2. The lowest BCUT2D eigenvalue weighted by Crippen LogP contribution is -2.22. The van der Waals surface area contributed by atoms with Crippen molar-refractivity contribution in [3.63, 3.8) is 0 Å². The number of azo groups is 1. The maximum Gasteiger partial charge on any atom is 0.301 e. The Hall–Kier alpha value is -5.58. The average molecular weight is 654 g/mol. The van der Waals surface area contributed by atoms with Crippen LogP contribution < -0.4 is 20.2 Å². The molecule has 0 aromatic heterocycles. The summed E-state index contributed by atoms with van der Waals surface area (Å²) in [5.41, 5.74) is -0.559. The summed E-state index contributed by atoms with van der Waals surface area (Å²) in [5, 5.41) is 36.1. The predicted molar refractivity (Wildman–Crippen MR) is 150 cm³/mol. The van der Waals surface area contributed by atoms with Gasteiger partial charge in [-0.1, -0.05) is 18.2 Å². The van der Waals surface area contributed by atoms with E-state index in [9.17, 15) is 51.0 Å². The van der Waals surface area contributed by atoms with E-state index >= 15 is 0 Å². The topological polar surface area (TPSA) is 292 Å². The number of hydrogen-bond donors (Lipinski definition) is 4. The third-order valence-electron chi connectivity index (χ3n) is 5.26. The molecule has 3 aromatic rings. The van der Waals surface area contributed by atoms with Crippen molar-refractivity contribution < 1.29 is 50.1 Å². The molecular formula is C22H19N7O13S2. The minimum atomic E-state index is -5.15. The molecule has 0 fully saturated rings. The first-order valence-electron chi connectivity index (χ1n) is 11.4. The summed E-state index contributed by atoms with van der Waals surface area (Å²) >= 11 is 0. The van der Waals surface area contributed by atoms with Crippen LogP contribution in [0.1, 0.15) is 0 Å². The van der Waals surface area contributed by atoms with Gasteiger partial charge in [-0.3, -0.25) is 39.6 Å². The minimum Gasteiger partial charge on any atom is -0.494 e. The van der Waals surface area contributed by atoms with Gasteiger partial charge < -0.3 is 14.8 Å². The summed E-state index contributed by atoms with van der Waals surface area (Å²) in [6.07, 6.45) is 0. The van der Waals surface area contributed by atoms with Gasteiger partial charge in [-0.2, -0.15) is 16.8 Å². The highest BCUT2D eigenvalue weighted by Gasteiger charge is 2.29. The molecule has 22 heteroatoms. The number of rotatable bonds is 10. The van der Waals surface area contributed by atoms with E-state index in [1.165, 1.54) is 12.1 Å². The van der Waals surface area contributed by atoms with Gasteiger partial charge in [0.1, 0.15) is 11.4 Å². The molecule has 0 heterocycles. The summed E-state index contributed by atoms with van der Waals surface area (Å²) in [6, 6.07) is 10.2. The monoisotopic (exact) mass is 653 g/mol. The number of nitro groups is 2. The van der Waals surface area contributed by atoms with Crippen LogP contribution in [-0.4, -0.2) is 61.8 Å². The molecule has 20 nitrogen and oxygen atoms in total. The number of methoxy groups -OCH3 is 2. The van der Waals surface area contributed by atoms with Gasteiger partial charge in [0.05, 0.1) is 36.2 Å². The van der Waals surface area contributed by atoms with Crippen LogP contribution in [0.2, 0.25) is 0 Å². The van der Waals surface area contributed by atoms with Crippen molar-refractivity contribution in [2.75, 3.05) is 25.0 Å². The number of anilines is 2. The fraction of sp³-hybridized carbons (Fsp3) is 0.0909. The summed E-state index contributed by atoms with van der Waals surface area (Å²) < 4.78 is 76.0. The Balaban J connectivity index is 2.18. The van der Waals surface area contributed by atoms with Crippen molar-refractivity contribution in [3.8, 4) is 11.5 Å². The molecule has 0 unspecified atom stereocenters. The molecule has 0 aliphatic carbocycles. The Kier molecular flexibility index (Phi) is 9.85. The number of ether oxygens (including phenoxy) is 2. The number of carbonyl (C=O) groups excluding carboxylic acids is 1. The van der Waals surface area contributed by atoms with Crippen LogP contribution in [0.4, 0.5) is 28.4 Å². The number of amidine groups is 1. The molecule has 4 N–H and O–H groups in total. The molecule has 3 aromatic carbocycles. The van der Waals surface area contributed by atoms with Crippen molar-refractivity contribution >= 4 is 60.4 Å². The summed E-state index contributed by atoms with van der Waals surface area (Å²) in [5.74, 6) is -2.68. The maximum atomic E-state index is 13.1. The van der Waals surface area contributed by atoms with E-state index in [-0.39, 0.29) is 11.4 Å². The highest BCUT2D eigenvalue weighted by Crippen LogP contribution is 2.38. The average Bonchev–Trinajstić information content (AvgIpc) is 2.95. The minimum absolute atomic E-state index is 0.239. The highest BCUT2D eigenvalue weighted by molar-refractivity contribution is 7.86. The van der Waals surface area contributed by atoms with Gasteiger partial charge in [0, 0.05) is 5.69 Å². The number of nitrogens with one attached hydrogen (secondary N) is 2. The number of nitro benzene ring substituents is 2. The maximum absolute atomic E-state index is 13.1. The Morgan fingerprint density at radius 2 is 1.36 bits per heavy atom. The molecule has 0 atom stereocenters. The number of benzene rings is 3. The summed E-state index contributed by atoms with van der Waals surface area (Å²) in [4.78, 5) is 31.2. The summed E-state index contributed by atoms with van der Waals surface area (Å²) in [6.45, 7) is 0. The van der Waals surface area contributed by atoms with Gasteiger partial charge in [-0.25, -0.2) is 0 Å². The van der Waals surface area contributed by atoms with Crippen molar-refractivity contribution in [1.29, 1.82) is 0 Å². The van der Waals surface area contributed by atoms with E-state index in [1.54, 1.807) is 18.2 Å². The number of hydrazone groups is 1. The lowest BCUT2D eigenvalue weighted by atomic mass is 10.2. The number of carbonyl (C=O) groups is 1. The second-order valence-corrected chi connectivity index (χ2v) is 10.8. The lowest BCUT2D eigenvalue weighted by molar-refractivity contribution is -0.388. The first kappa shape index (κ1) is 32.9. The molecule has 0 aliphatic heterocycles. The lowest BCUT2D eigenvalue weighted by Gasteiger charge is -2.11. The van der Waals surface area contributed by atoms with Crippen LogP contribution in [0.3, 0.4) is 0 Å². The van der Waals surface area contributed by atoms with Gasteiger partial charge in [0.2, 0.25) is 0 Å². The normalized spacial score (nSPS) is 12.0. The molecule has 0 saturated heterocycles. The third-order valence-corrected chi connectivity index (χ3v) is 7.03. The molecule has 0 spiro atoms. The molecule has 0 bridgehead atoms. The van der Waals surface area contributed by atoms with Gasteiger partial charge in [-0.05, 0) is 24.3 Å². The molecule has 0 radical (unpaired) electrons. The van der Waals surface area contributed by atoms with Crippen LogP contribution in [-0.2, 0) is 25.0 Å². The van der Waals surface area contributed by atoms with E-state index < -0.39 is 80.1 Å². The van der Waals surface area contributed by atoms with E-state index in [0.717, 1.165) is 14.2 Å². The Labute approximate surface area is 246 Å². The Bertz CT molecular complexity index is 1910. The predicted octanol–water partition coefficient (Wildman–Crippen LogP) is 3.16. The molecule has 44 heavy (non-hydrogen) atoms. The van der Waals surface area contributed by atoms with Gasteiger partial charge >= 0.3 is 20.2 Å². The van der Waals surface area contributed by atoms with Crippen molar-refractivity contribution in [2.24, 2.45) is 15.3 Å². The number of hydrogen-bond acceptors (Lipinski definition) is 14. The second kappa shape index (κ2) is 13.2. The van der Waals surface area contributed by atoms with Crippen LogP contribution in [0.25, 0.3) is 0 Å². The van der Waals surface area contributed by atoms with Crippen LogP contribution in [0.15, 0.2) is 79.7 Å². The van der Waals surface area contributed by atoms with Crippen molar-refractivity contribution in [2.45, 2.75) is 9.79 Å². The van der Waals surface area contributed by atoms with Gasteiger partial charge in [0.25, 0.3) is 23.1 Å². The zero-order valence-corrected chi connectivity index (χ0v) is 23.8. The van der Waals surface area contributed by atoms with Crippen molar-refractivity contribution in [1.82, 2.24) is 0 Å². The van der Waals surface area contributed by atoms with E-state index in [0.29, 0.717) is 24.3 Å². The third kappa shape index (κ3) is 7.82. The van der Waals surface area contributed by atoms with Gasteiger partial charge in [0.15, 0.2) is 21.3 Å². The van der Waals surface area contributed by atoms with Gasteiger partial charge in [-0.15, -0.1) is 15.3 Å². The standard InChI is InChI=1S/C22H19N7O13S2/c1-41-17-10-15(28(31)32)19(43(35,36)37)8-13(17)24-26-21(22(30)23-12-6-4-3-5-7-12)27-25-14-9-20(44(38,39)40)16(29(33)34)11-18(14)42-2/h3-11,24H,1-2H3,(H,23,30)(H,35,36,37)(H,38,39,40). The zero-order chi connectivity index (χ0) is 32.8. The SMILES string of the molecule is COc1cc([N+](=O)[O-])c(S(=O)(=O)O)cc1N=NC(=NNc1cc(S(=O)(=O)O)c([N+](=O)[O-])cc1OC)C(=O)Nc1ccccc1.